The summed E-state index contributed by atoms with van der Waals surface area (Å²) in [6, 6.07) is 17.0. The molecule has 2 aromatic carbocycles. The predicted molar refractivity (Wildman–Crippen MR) is 116 cm³/mol. The first-order valence-corrected chi connectivity index (χ1v) is 10.6. The molecule has 0 bridgehead atoms. The van der Waals surface area contributed by atoms with Gasteiger partial charge in [-0.1, -0.05) is 61.7 Å². The summed E-state index contributed by atoms with van der Waals surface area (Å²) in [6.07, 6.45) is 5.17. The number of anilines is 1. The predicted octanol–water partition coefficient (Wildman–Crippen LogP) is 4.18. The van der Waals surface area contributed by atoms with Crippen molar-refractivity contribution in [3.63, 3.8) is 0 Å². The van der Waals surface area contributed by atoms with Gasteiger partial charge >= 0.3 is 6.03 Å². The van der Waals surface area contributed by atoms with Crippen molar-refractivity contribution in [3.05, 3.63) is 54.6 Å². The van der Waals surface area contributed by atoms with Gasteiger partial charge in [-0.2, -0.15) is 0 Å². The van der Waals surface area contributed by atoms with Crippen molar-refractivity contribution >= 4 is 23.5 Å². The molecule has 4 amide bonds. The van der Waals surface area contributed by atoms with Gasteiger partial charge in [-0.3, -0.25) is 14.5 Å². The Kier molecular flexibility index (Phi) is 5.57. The van der Waals surface area contributed by atoms with Gasteiger partial charge in [-0.25, -0.2) is 4.79 Å². The van der Waals surface area contributed by atoms with Gasteiger partial charge in [-0.05, 0) is 48.9 Å². The van der Waals surface area contributed by atoms with Crippen molar-refractivity contribution in [2.75, 3.05) is 11.9 Å². The molecule has 0 aromatic heterocycles. The Morgan fingerprint density at radius 1 is 1.00 bits per heavy atom. The summed E-state index contributed by atoms with van der Waals surface area (Å²) in [4.78, 5) is 39.0. The Morgan fingerprint density at radius 2 is 1.63 bits per heavy atom. The Labute approximate surface area is 176 Å². The van der Waals surface area contributed by atoms with Crippen molar-refractivity contribution in [3.8, 4) is 11.1 Å². The minimum Gasteiger partial charge on any atom is -0.325 e. The van der Waals surface area contributed by atoms with Crippen LogP contribution in [-0.2, 0) is 9.59 Å². The number of benzene rings is 2. The highest BCUT2D eigenvalue weighted by Crippen LogP contribution is 2.36. The highest BCUT2D eigenvalue weighted by Gasteiger charge is 2.52. The quantitative estimate of drug-likeness (QED) is 0.733. The van der Waals surface area contributed by atoms with Crippen LogP contribution in [0.3, 0.4) is 0 Å². The second-order valence-electron chi connectivity index (χ2n) is 8.35. The maximum atomic E-state index is 13.0. The number of nitrogens with one attached hydrogen (secondary N) is 2. The van der Waals surface area contributed by atoms with E-state index in [1.807, 2.05) is 54.6 Å². The molecule has 1 saturated heterocycles. The Bertz CT molecular complexity index is 936. The summed E-state index contributed by atoms with van der Waals surface area (Å²) in [5, 5.41) is 5.63. The fraction of sp³-hybridized carbons (Fsp3) is 0.375. The van der Waals surface area contributed by atoms with E-state index in [-0.39, 0.29) is 24.3 Å². The molecule has 30 heavy (non-hydrogen) atoms. The van der Waals surface area contributed by atoms with E-state index < -0.39 is 11.6 Å². The molecule has 0 spiro atoms. The molecule has 0 radical (unpaired) electrons. The molecule has 6 nitrogen and oxygen atoms in total. The topological polar surface area (TPSA) is 78.5 Å². The molecular formula is C24H27N3O3. The van der Waals surface area contributed by atoms with Crippen LogP contribution >= 0.6 is 0 Å². The first-order valence-electron chi connectivity index (χ1n) is 10.6. The molecule has 0 unspecified atom stereocenters. The fourth-order valence-electron chi connectivity index (χ4n) is 4.54. The summed E-state index contributed by atoms with van der Waals surface area (Å²) in [6.45, 7) is 1.51. The fourth-order valence-corrected chi connectivity index (χ4v) is 4.54. The first-order chi connectivity index (χ1) is 14.5. The zero-order valence-corrected chi connectivity index (χ0v) is 17.2. The molecule has 1 saturated carbocycles. The molecule has 2 N–H and O–H groups in total. The largest absolute Gasteiger partial charge is 0.325 e. The van der Waals surface area contributed by atoms with Crippen LogP contribution in [0, 0.1) is 5.92 Å². The summed E-state index contributed by atoms with van der Waals surface area (Å²) < 4.78 is 0. The molecule has 2 aromatic rings. The highest BCUT2D eigenvalue weighted by atomic mass is 16.2. The third-order valence-electron chi connectivity index (χ3n) is 6.30. The zero-order valence-electron chi connectivity index (χ0n) is 17.2. The van der Waals surface area contributed by atoms with Crippen LogP contribution < -0.4 is 10.6 Å². The number of carbonyl (C=O) groups excluding carboxylic acids is 3. The van der Waals surface area contributed by atoms with E-state index >= 15 is 0 Å². The van der Waals surface area contributed by atoms with Crippen LogP contribution in [0.25, 0.3) is 11.1 Å². The minimum absolute atomic E-state index is 0.126. The second-order valence-corrected chi connectivity index (χ2v) is 8.35. The van der Waals surface area contributed by atoms with Gasteiger partial charge in [0.05, 0.1) is 0 Å². The van der Waals surface area contributed by atoms with E-state index in [1.54, 1.807) is 6.92 Å². The number of carbonyl (C=O) groups is 3. The average molecular weight is 405 g/mol. The van der Waals surface area contributed by atoms with Crippen molar-refractivity contribution in [1.29, 1.82) is 0 Å². The summed E-state index contributed by atoms with van der Waals surface area (Å²) in [7, 11) is 0. The second kappa shape index (κ2) is 8.30. The molecule has 1 atom stereocenters. The minimum atomic E-state index is -0.908. The molecule has 2 fully saturated rings. The number of urea groups is 1. The lowest BCUT2D eigenvalue weighted by atomic mass is 9.75. The van der Waals surface area contributed by atoms with Gasteiger partial charge in [-0.15, -0.1) is 0 Å². The van der Waals surface area contributed by atoms with Gasteiger partial charge in [0.2, 0.25) is 5.91 Å². The summed E-state index contributed by atoms with van der Waals surface area (Å²) >= 11 is 0. The third-order valence-corrected chi connectivity index (χ3v) is 6.30. The van der Waals surface area contributed by atoms with E-state index in [0.717, 1.165) is 41.7 Å². The van der Waals surface area contributed by atoms with E-state index in [9.17, 15) is 14.4 Å². The maximum Gasteiger partial charge on any atom is 0.325 e. The Hall–Kier alpha value is -3.15. The van der Waals surface area contributed by atoms with Gasteiger partial charge in [0, 0.05) is 5.69 Å². The van der Waals surface area contributed by atoms with E-state index in [2.05, 4.69) is 10.6 Å². The number of amides is 4. The summed E-state index contributed by atoms with van der Waals surface area (Å²) in [5.74, 6) is -0.561. The van der Waals surface area contributed by atoms with Crippen LogP contribution in [0.1, 0.15) is 39.0 Å². The standard InChI is InChI=1S/C24H27N3O3/c1-24(19-10-6-3-7-11-19)22(29)27(23(30)26-24)16-21(28)25-20-14-12-18(13-15-20)17-8-4-2-5-9-17/h2,4-5,8-9,12-15,19H,3,6-7,10-11,16H2,1H3,(H,25,28)(H,26,30)/t24-/m0/s1. The maximum absolute atomic E-state index is 13.0. The lowest BCUT2D eigenvalue weighted by molar-refractivity contribution is -0.135. The molecular weight excluding hydrogens is 378 g/mol. The van der Waals surface area contributed by atoms with Crippen LogP contribution in [0.5, 0.6) is 0 Å². The Morgan fingerprint density at radius 3 is 2.30 bits per heavy atom. The molecule has 1 heterocycles. The first kappa shape index (κ1) is 20.1. The van der Waals surface area contributed by atoms with Crippen LogP contribution in [0.2, 0.25) is 0 Å². The van der Waals surface area contributed by atoms with Crippen LogP contribution in [-0.4, -0.2) is 34.8 Å². The monoisotopic (exact) mass is 405 g/mol. The number of imide groups is 1. The molecule has 6 heteroatoms. The third kappa shape index (κ3) is 3.95. The number of nitrogens with zero attached hydrogens (tertiary/aromatic N) is 1. The molecule has 2 aliphatic rings. The number of rotatable bonds is 5. The van der Waals surface area contributed by atoms with Gasteiger partial charge < -0.3 is 10.6 Å². The van der Waals surface area contributed by atoms with E-state index in [1.165, 1.54) is 6.42 Å². The molecule has 1 aliphatic heterocycles. The lowest BCUT2D eigenvalue weighted by Gasteiger charge is -2.34. The smallest absolute Gasteiger partial charge is 0.325 e. The highest BCUT2D eigenvalue weighted by molar-refractivity contribution is 6.10. The SMILES string of the molecule is C[C@@]1(C2CCCCC2)NC(=O)N(CC(=O)Nc2ccc(-c3ccccc3)cc2)C1=O. The van der Waals surface area contributed by atoms with Crippen molar-refractivity contribution in [2.45, 2.75) is 44.6 Å². The van der Waals surface area contributed by atoms with Gasteiger partial charge in [0.15, 0.2) is 0 Å². The molecule has 156 valence electrons. The zero-order chi connectivity index (χ0) is 21.1. The van der Waals surface area contributed by atoms with Crippen molar-refractivity contribution < 1.29 is 14.4 Å². The van der Waals surface area contributed by atoms with Crippen molar-refractivity contribution in [2.24, 2.45) is 5.92 Å². The normalized spacial score (nSPS) is 22.1. The van der Waals surface area contributed by atoms with Crippen molar-refractivity contribution in [1.82, 2.24) is 10.2 Å². The van der Waals surface area contributed by atoms with E-state index in [0.29, 0.717) is 5.69 Å². The van der Waals surface area contributed by atoms with Crippen LogP contribution in [0.15, 0.2) is 54.6 Å². The number of hydrogen-bond donors (Lipinski definition) is 2. The van der Waals surface area contributed by atoms with E-state index in [4.69, 9.17) is 0 Å². The average Bonchev–Trinajstić information content (AvgIpc) is 2.99. The number of hydrogen-bond acceptors (Lipinski definition) is 3. The lowest BCUT2D eigenvalue weighted by Crippen LogP contribution is -2.51. The summed E-state index contributed by atoms with van der Waals surface area (Å²) in [5.41, 5.74) is 1.86. The van der Waals surface area contributed by atoms with Gasteiger partial charge in [0.1, 0.15) is 12.1 Å². The Balaban J connectivity index is 1.39. The van der Waals surface area contributed by atoms with Crippen LogP contribution in [0.4, 0.5) is 10.5 Å². The van der Waals surface area contributed by atoms with Gasteiger partial charge in [0.25, 0.3) is 5.91 Å². The molecule has 1 aliphatic carbocycles. The molecule has 4 rings (SSSR count).